The van der Waals surface area contributed by atoms with E-state index in [-0.39, 0.29) is 0 Å². The minimum absolute atomic E-state index is 0.506. The van der Waals surface area contributed by atoms with E-state index < -0.39 is 8.60 Å². The van der Waals surface area contributed by atoms with Gasteiger partial charge in [0, 0.05) is 0 Å². The highest BCUT2D eigenvalue weighted by Gasteiger charge is 1.99. The van der Waals surface area contributed by atoms with Gasteiger partial charge in [0.15, 0.2) is 0 Å². The molecule has 1 aromatic carbocycles. The van der Waals surface area contributed by atoms with Crippen LogP contribution in [0.1, 0.15) is 52.4 Å². The average Bonchev–Trinajstić information content (AvgIpc) is 2.42. The van der Waals surface area contributed by atoms with E-state index in [1.165, 1.54) is 25.7 Å². The first kappa shape index (κ1) is 17.4. The van der Waals surface area contributed by atoms with Crippen molar-refractivity contribution < 1.29 is 13.9 Å². The van der Waals surface area contributed by atoms with Crippen molar-refractivity contribution in [1.82, 2.24) is 0 Å². The van der Waals surface area contributed by atoms with Gasteiger partial charge in [0.2, 0.25) is 0 Å². The molecule has 3 nitrogen and oxygen atoms in total. The van der Waals surface area contributed by atoms with Gasteiger partial charge in [0.1, 0.15) is 14.4 Å². The number of unbranched alkanes of at least 4 members (excludes halogenated alkanes) is 4. The third kappa shape index (κ3) is 9.30. The van der Waals surface area contributed by atoms with E-state index in [0.29, 0.717) is 12.4 Å². The standard InChI is InChI=1S/C16H26O3P/c1-15(2)11-7-4-3-5-10-14-18-20(17)19-16-12-8-6-9-13-16/h6,8-9,12-13,15H,3-5,7,10-11,14H2,1-2H3/q-1. The maximum atomic E-state index is 11.5. The zero-order chi connectivity index (χ0) is 14.6. The molecule has 0 fully saturated rings. The number of hydrogen-bond acceptors (Lipinski definition) is 3. The Balaban J connectivity index is 1.93. The highest BCUT2D eigenvalue weighted by molar-refractivity contribution is 7.39. The van der Waals surface area contributed by atoms with Gasteiger partial charge in [-0.05, 0) is 24.5 Å². The quantitative estimate of drug-likeness (QED) is 0.440. The maximum absolute atomic E-state index is 11.5. The Morgan fingerprint density at radius 3 is 2.35 bits per heavy atom. The Morgan fingerprint density at radius 1 is 1.00 bits per heavy atom. The van der Waals surface area contributed by atoms with Gasteiger partial charge in [-0.2, -0.15) is 0 Å². The molecule has 20 heavy (non-hydrogen) atoms. The van der Waals surface area contributed by atoms with E-state index in [0.717, 1.165) is 18.8 Å². The van der Waals surface area contributed by atoms with Crippen LogP contribution in [0.25, 0.3) is 0 Å². The molecule has 0 aliphatic rings. The van der Waals surface area contributed by atoms with Crippen molar-refractivity contribution in [2.75, 3.05) is 6.61 Å². The van der Waals surface area contributed by atoms with Crippen LogP contribution in [0.5, 0.6) is 5.75 Å². The highest BCUT2D eigenvalue weighted by atomic mass is 31.2. The summed E-state index contributed by atoms with van der Waals surface area (Å²) in [6.45, 7) is 5.03. The van der Waals surface area contributed by atoms with Gasteiger partial charge in [0.25, 0.3) is 0 Å². The van der Waals surface area contributed by atoms with Crippen molar-refractivity contribution in [3.05, 3.63) is 30.3 Å². The second-order valence-electron chi connectivity index (χ2n) is 5.41. The van der Waals surface area contributed by atoms with Crippen LogP contribution >= 0.6 is 8.60 Å². The summed E-state index contributed by atoms with van der Waals surface area (Å²) >= 11 is 0. The lowest BCUT2D eigenvalue weighted by Crippen LogP contribution is -2.06. The predicted octanol–water partition coefficient (Wildman–Crippen LogP) is 4.67. The Hall–Kier alpha value is -0.630. The molecule has 1 atom stereocenters. The zero-order valence-corrected chi connectivity index (χ0v) is 13.5. The van der Waals surface area contributed by atoms with E-state index in [9.17, 15) is 4.89 Å². The van der Waals surface area contributed by atoms with Gasteiger partial charge in [-0.3, -0.25) is 0 Å². The fraction of sp³-hybridized carbons (Fsp3) is 0.625. The van der Waals surface area contributed by atoms with Gasteiger partial charge in [0.05, 0.1) is 6.61 Å². The second-order valence-corrected chi connectivity index (χ2v) is 6.30. The minimum Gasteiger partial charge on any atom is -0.776 e. The Labute approximate surface area is 124 Å². The van der Waals surface area contributed by atoms with Crippen molar-refractivity contribution in [2.45, 2.75) is 52.4 Å². The van der Waals surface area contributed by atoms with Crippen molar-refractivity contribution in [3.63, 3.8) is 0 Å². The third-order valence-electron chi connectivity index (χ3n) is 3.05. The summed E-state index contributed by atoms with van der Waals surface area (Å²) in [7, 11) is -2.04. The van der Waals surface area contributed by atoms with Crippen LogP contribution < -0.4 is 9.42 Å². The topological polar surface area (TPSA) is 41.5 Å². The van der Waals surface area contributed by atoms with Gasteiger partial charge < -0.3 is 13.9 Å². The van der Waals surface area contributed by atoms with Crippen molar-refractivity contribution >= 4 is 8.60 Å². The summed E-state index contributed by atoms with van der Waals surface area (Å²) in [5.41, 5.74) is 0. The maximum Gasteiger partial charge on any atom is 0.147 e. The second kappa shape index (κ2) is 11.1. The normalized spacial score (nSPS) is 12.6. The zero-order valence-electron chi connectivity index (χ0n) is 12.6. The van der Waals surface area contributed by atoms with Crippen molar-refractivity contribution in [3.8, 4) is 5.75 Å². The smallest absolute Gasteiger partial charge is 0.147 e. The average molecular weight is 297 g/mol. The Morgan fingerprint density at radius 2 is 1.65 bits per heavy atom. The van der Waals surface area contributed by atoms with Gasteiger partial charge in [-0.25, -0.2) is 0 Å². The van der Waals surface area contributed by atoms with Crippen LogP contribution in [0.4, 0.5) is 0 Å². The first-order valence-electron chi connectivity index (χ1n) is 7.51. The first-order valence-corrected chi connectivity index (χ1v) is 8.61. The van der Waals surface area contributed by atoms with Crippen LogP contribution in [0.2, 0.25) is 0 Å². The molecule has 0 radical (unpaired) electrons. The molecule has 0 saturated carbocycles. The molecule has 0 bridgehead atoms. The lowest BCUT2D eigenvalue weighted by atomic mass is 10.0. The van der Waals surface area contributed by atoms with Gasteiger partial charge >= 0.3 is 0 Å². The van der Waals surface area contributed by atoms with Crippen molar-refractivity contribution in [1.29, 1.82) is 0 Å². The number of para-hydroxylation sites is 1. The summed E-state index contributed by atoms with van der Waals surface area (Å²) in [4.78, 5) is 11.5. The molecule has 0 amide bonds. The summed E-state index contributed by atoms with van der Waals surface area (Å²) in [6, 6.07) is 9.11. The molecule has 114 valence electrons. The highest BCUT2D eigenvalue weighted by Crippen LogP contribution is 2.30. The fourth-order valence-electron chi connectivity index (χ4n) is 1.92. The Bertz CT molecular complexity index is 330. The molecule has 0 N–H and O–H groups in total. The van der Waals surface area contributed by atoms with Gasteiger partial charge in [-0.15, -0.1) is 0 Å². The van der Waals surface area contributed by atoms with Crippen LogP contribution in [0.3, 0.4) is 0 Å². The van der Waals surface area contributed by atoms with E-state index in [1.807, 2.05) is 18.2 Å². The summed E-state index contributed by atoms with van der Waals surface area (Å²) < 4.78 is 10.4. The lowest BCUT2D eigenvalue weighted by Gasteiger charge is -2.22. The molecule has 0 aliphatic heterocycles. The molecular weight excluding hydrogens is 271 g/mol. The lowest BCUT2D eigenvalue weighted by molar-refractivity contribution is -0.196. The summed E-state index contributed by atoms with van der Waals surface area (Å²) in [6.07, 6.45) is 7.21. The number of rotatable bonds is 11. The molecule has 1 unspecified atom stereocenters. The van der Waals surface area contributed by atoms with Crippen LogP contribution in [-0.4, -0.2) is 6.61 Å². The van der Waals surface area contributed by atoms with Crippen LogP contribution in [0.15, 0.2) is 30.3 Å². The monoisotopic (exact) mass is 297 g/mol. The van der Waals surface area contributed by atoms with E-state index in [2.05, 4.69) is 13.8 Å². The van der Waals surface area contributed by atoms with E-state index in [1.54, 1.807) is 12.1 Å². The minimum atomic E-state index is -2.04. The van der Waals surface area contributed by atoms with E-state index >= 15 is 0 Å². The van der Waals surface area contributed by atoms with Crippen molar-refractivity contribution in [2.24, 2.45) is 5.92 Å². The molecule has 0 aromatic heterocycles. The fourth-order valence-corrected chi connectivity index (χ4v) is 2.54. The molecular formula is C16H26O3P-. The summed E-state index contributed by atoms with van der Waals surface area (Å²) in [5, 5.41) is 0. The van der Waals surface area contributed by atoms with Gasteiger partial charge in [-0.1, -0.05) is 64.2 Å². The number of hydrogen-bond donors (Lipinski definition) is 0. The van der Waals surface area contributed by atoms with Crippen LogP contribution in [0, 0.1) is 5.92 Å². The third-order valence-corrected chi connectivity index (χ3v) is 3.80. The molecule has 1 rings (SSSR count). The molecule has 0 spiro atoms. The SMILES string of the molecule is CC(C)CCCCCCCOP([O-])Oc1ccccc1. The first-order chi connectivity index (χ1) is 9.68. The summed E-state index contributed by atoms with van der Waals surface area (Å²) in [5.74, 6) is 1.39. The Kier molecular flexibility index (Phi) is 9.65. The molecule has 0 saturated heterocycles. The van der Waals surface area contributed by atoms with E-state index in [4.69, 9.17) is 9.05 Å². The largest absolute Gasteiger partial charge is 0.776 e. The molecule has 0 heterocycles. The molecule has 4 heteroatoms. The van der Waals surface area contributed by atoms with Crippen LogP contribution in [-0.2, 0) is 4.52 Å². The molecule has 0 aliphatic carbocycles. The molecule has 1 aromatic rings. The predicted molar refractivity (Wildman–Crippen MR) is 82.5 cm³/mol. The number of benzene rings is 1.